The van der Waals surface area contributed by atoms with Crippen LogP contribution in [0.4, 0.5) is 0 Å². The number of nitrogens with zero attached hydrogens (tertiary/aromatic N) is 1. The van der Waals surface area contributed by atoms with Crippen molar-refractivity contribution in [2.75, 3.05) is 0 Å². The van der Waals surface area contributed by atoms with Crippen LogP contribution in [0.5, 0.6) is 0 Å². The number of aromatic amines is 1. The maximum absolute atomic E-state index is 12.4. The molecule has 3 aromatic rings. The number of thiophene rings is 1. The Hall–Kier alpha value is -2.19. The third-order valence-electron chi connectivity index (χ3n) is 3.52. The highest BCUT2D eigenvalue weighted by atomic mass is 32.1. The van der Waals surface area contributed by atoms with E-state index in [0.717, 1.165) is 19.5 Å². The van der Waals surface area contributed by atoms with Crippen LogP contribution in [0.3, 0.4) is 0 Å². The fourth-order valence-electron chi connectivity index (χ4n) is 2.40. The predicted octanol–water partition coefficient (Wildman–Crippen LogP) is 3.49. The minimum atomic E-state index is -0.990. The van der Waals surface area contributed by atoms with Gasteiger partial charge in [0.15, 0.2) is 0 Å². The molecule has 0 saturated carbocycles. The molecule has 0 aliphatic heterocycles. The summed E-state index contributed by atoms with van der Waals surface area (Å²) < 4.78 is 0.770. The van der Waals surface area contributed by atoms with E-state index in [9.17, 15) is 14.7 Å². The molecule has 0 aliphatic rings. The van der Waals surface area contributed by atoms with Crippen molar-refractivity contribution in [3.8, 4) is 0 Å². The number of thiazole rings is 1. The van der Waals surface area contributed by atoms with Crippen LogP contribution in [0.25, 0.3) is 10.2 Å². The number of carbonyl (C=O) groups is 2. The zero-order chi connectivity index (χ0) is 16.7. The standard InChI is InChI=1S/C15H15N3O3S2/c1-6(11-5-16-8(3)23-11)17-14(19)9-4-10-13(18-9)12(15(20)21)7(2)22-10/h4-6,18H,1-3H3,(H,17,19)(H,20,21). The summed E-state index contributed by atoms with van der Waals surface area (Å²) in [6.45, 7) is 5.57. The second-order valence-electron chi connectivity index (χ2n) is 5.24. The van der Waals surface area contributed by atoms with Gasteiger partial charge in [-0.05, 0) is 26.8 Å². The number of rotatable bonds is 4. The summed E-state index contributed by atoms with van der Waals surface area (Å²) in [6.07, 6.45) is 1.75. The highest BCUT2D eigenvalue weighted by Gasteiger charge is 2.21. The van der Waals surface area contributed by atoms with Crippen LogP contribution >= 0.6 is 22.7 Å². The van der Waals surface area contributed by atoms with Gasteiger partial charge < -0.3 is 15.4 Å². The van der Waals surface area contributed by atoms with E-state index in [2.05, 4.69) is 15.3 Å². The van der Waals surface area contributed by atoms with Crippen molar-refractivity contribution < 1.29 is 14.7 Å². The molecule has 0 aliphatic carbocycles. The van der Waals surface area contributed by atoms with E-state index in [1.807, 2.05) is 13.8 Å². The first-order chi connectivity index (χ1) is 10.9. The van der Waals surface area contributed by atoms with E-state index in [0.29, 0.717) is 11.2 Å². The lowest BCUT2D eigenvalue weighted by Crippen LogP contribution is -2.26. The lowest BCUT2D eigenvalue weighted by molar-refractivity contribution is 0.0698. The van der Waals surface area contributed by atoms with Gasteiger partial charge >= 0.3 is 5.97 Å². The molecule has 0 spiro atoms. The number of hydrogen-bond donors (Lipinski definition) is 3. The summed E-state index contributed by atoms with van der Waals surface area (Å²) in [5.41, 5.74) is 1.10. The van der Waals surface area contributed by atoms with E-state index >= 15 is 0 Å². The van der Waals surface area contributed by atoms with E-state index < -0.39 is 5.97 Å². The molecule has 1 unspecified atom stereocenters. The van der Waals surface area contributed by atoms with Crippen molar-refractivity contribution >= 4 is 44.8 Å². The van der Waals surface area contributed by atoms with Crippen molar-refractivity contribution in [2.45, 2.75) is 26.8 Å². The molecule has 1 atom stereocenters. The van der Waals surface area contributed by atoms with Crippen molar-refractivity contribution in [3.05, 3.63) is 38.3 Å². The zero-order valence-corrected chi connectivity index (χ0v) is 14.4. The van der Waals surface area contributed by atoms with Gasteiger partial charge in [-0.3, -0.25) is 4.79 Å². The molecule has 0 radical (unpaired) electrons. The number of carboxylic acid groups (broad SMARTS) is 1. The van der Waals surface area contributed by atoms with E-state index in [1.54, 1.807) is 19.2 Å². The Morgan fingerprint density at radius 1 is 1.35 bits per heavy atom. The first-order valence-corrected chi connectivity index (χ1v) is 8.58. The smallest absolute Gasteiger partial charge is 0.338 e. The van der Waals surface area contributed by atoms with E-state index in [-0.39, 0.29) is 17.5 Å². The topological polar surface area (TPSA) is 95.1 Å². The van der Waals surface area contributed by atoms with Gasteiger partial charge in [0.25, 0.3) is 5.91 Å². The van der Waals surface area contributed by atoms with Crippen LogP contribution in [0, 0.1) is 13.8 Å². The maximum atomic E-state index is 12.4. The van der Waals surface area contributed by atoms with Crippen LogP contribution in [0.2, 0.25) is 0 Å². The average Bonchev–Trinajstić information content (AvgIpc) is 3.11. The minimum Gasteiger partial charge on any atom is -0.478 e. The van der Waals surface area contributed by atoms with Gasteiger partial charge in [0, 0.05) is 16.0 Å². The number of nitrogens with one attached hydrogen (secondary N) is 2. The van der Waals surface area contributed by atoms with Crippen LogP contribution < -0.4 is 5.32 Å². The molecule has 1 amide bonds. The number of carbonyl (C=O) groups excluding carboxylic acids is 1. The number of aromatic carboxylic acids is 1. The molecule has 120 valence electrons. The van der Waals surface area contributed by atoms with Gasteiger partial charge in [-0.25, -0.2) is 9.78 Å². The first-order valence-electron chi connectivity index (χ1n) is 6.95. The highest BCUT2D eigenvalue weighted by molar-refractivity contribution is 7.19. The second-order valence-corrected chi connectivity index (χ2v) is 7.76. The molecule has 6 nitrogen and oxygen atoms in total. The Morgan fingerprint density at radius 2 is 2.09 bits per heavy atom. The van der Waals surface area contributed by atoms with Crippen LogP contribution in [0.15, 0.2) is 12.3 Å². The second kappa shape index (κ2) is 5.78. The van der Waals surface area contributed by atoms with Crippen molar-refractivity contribution in [2.24, 2.45) is 0 Å². The third-order valence-corrected chi connectivity index (χ3v) is 5.67. The average molecular weight is 349 g/mol. The Labute approximate surface area is 140 Å². The summed E-state index contributed by atoms with van der Waals surface area (Å²) in [6, 6.07) is 1.54. The SMILES string of the molecule is Cc1ncc(C(C)NC(=O)c2cc3sc(C)c(C(=O)O)c3[nH]2)s1. The third kappa shape index (κ3) is 2.87. The van der Waals surface area contributed by atoms with Crippen LogP contribution in [-0.2, 0) is 0 Å². The van der Waals surface area contributed by atoms with Gasteiger partial charge in [0.05, 0.1) is 26.8 Å². The summed E-state index contributed by atoms with van der Waals surface area (Å²) >= 11 is 2.90. The molecular formula is C15H15N3O3S2. The quantitative estimate of drug-likeness (QED) is 0.672. The minimum absolute atomic E-state index is 0.157. The molecule has 8 heteroatoms. The fourth-order valence-corrected chi connectivity index (χ4v) is 4.24. The van der Waals surface area contributed by atoms with E-state index in [1.165, 1.54) is 22.7 Å². The van der Waals surface area contributed by atoms with Gasteiger partial charge in [0.1, 0.15) is 5.69 Å². The predicted molar refractivity (Wildman–Crippen MR) is 90.6 cm³/mol. The molecule has 0 fully saturated rings. The first kappa shape index (κ1) is 15.7. The number of amides is 1. The monoisotopic (exact) mass is 349 g/mol. The Morgan fingerprint density at radius 3 is 2.70 bits per heavy atom. The number of fused-ring (bicyclic) bond motifs is 1. The molecule has 0 aromatic carbocycles. The largest absolute Gasteiger partial charge is 0.478 e. The van der Waals surface area contributed by atoms with Gasteiger partial charge in [-0.2, -0.15) is 0 Å². The normalized spacial score (nSPS) is 12.5. The zero-order valence-electron chi connectivity index (χ0n) is 12.8. The molecule has 3 aromatic heterocycles. The van der Waals surface area contributed by atoms with Crippen molar-refractivity contribution in [1.82, 2.24) is 15.3 Å². The molecule has 0 bridgehead atoms. The highest BCUT2D eigenvalue weighted by Crippen LogP contribution is 2.31. The molecule has 23 heavy (non-hydrogen) atoms. The number of carboxylic acids is 1. The molecule has 0 saturated heterocycles. The van der Waals surface area contributed by atoms with Gasteiger partial charge in [-0.15, -0.1) is 22.7 Å². The number of hydrogen-bond acceptors (Lipinski definition) is 5. The fraction of sp³-hybridized carbons (Fsp3) is 0.267. The summed E-state index contributed by atoms with van der Waals surface area (Å²) in [5, 5.41) is 13.1. The lowest BCUT2D eigenvalue weighted by atomic mass is 10.2. The maximum Gasteiger partial charge on any atom is 0.338 e. The lowest BCUT2D eigenvalue weighted by Gasteiger charge is -2.10. The molecule has 3 heterocycles. The van der Waals surface area contributed by atoms with Crippen LogP contribution in [-0.4, -0.2) is 27.0 Å². The molecule has 3 rings (SSSR count). The summed E-state index contributed by atoms with van der Waals surface area (Å²) in [5.74, 6) is -1.25. The van der Waals surface area contributed by atoms with Gasteiger partial charge in [0.2, 0.25) is 0 Å². The Bertz CT molecular complexity index is 906. The van der Waals surface area contributed by atoms with Crippen LogP contribution in [0.1, 0.15) is 48.6 Å². The van der Waals surface area contributed by atoms with Crippen molar-refractivity contribution in [3.63, 3.8) is 0 Å². The summed E-state index contributed by atoms with van der Waals surface area (Å²) in [7, 11) is 0. The molecule has 3 N–H and O–H groups in total. The Balaban J connectivity index is 1.85. The van der Waals surface area contributed by atoms with Crippen molar-refractivity contribution in [1.29, 1.82) is 0 Å². The summed E-state index contributed by atoms with van der Waals surface area (Å²) in [4.78, 5) is 32.5. The number of aromatic nitrogens is 2. The van der Waals surface area contributed by atoms with Gasteiger partial charge in [-0.1, -0.05) is 0 Å². The molecular weight excluding hydrogens is 334 g/mol. The number of H-pyrrole nitrogens is 1. The number of aryl methyl sites for hydroxylation is 2. The Kier molecular flexibility index (Phi) is 3.95. The van der Waals surface area contributed by atoms with E-state index in [4.69, 9.17) is 0 Å².